The molecule has 2 N–H and O–H groups in total. The zero-order chi connectivity index (χ0) is 17.5. The number of nitrogens with one attached hydrogen (secondary N) is 1. The van der Waals surface area contributed by atoms with Crippen LogP contribution < -0.4 is 5.32 Å². The van der Waals surface area contributed by atoms with Crippen LogP contribution in [0.2, 0.25) is 0 Å². The summed E-state index contributed by atoms with van der Waals surface area (Å²) < 4.78 is 0. The van der Waals surface area contributed by atoms with Crippen molar-refractivity contribution in [2.75, 3.05) is 11.9 Å². The van der Waals surface area contributed by atoms with Gasteiger partial charge in [-0.15, -0.1) is 0 Å². The number of carbonyl (C=O) groups excluding carboxylic acids is 1. The molecule has 4 nitrogen and oxygen atoms in total. The van der Waals surface area contributed by atoms with Crippen molar-refractivity contribution in [1.29, 1.82) is 0 Å². The molecule has 24 heavy (non-hydrogen) atoms. The van der Waals surface area contributed by atoms with Gasteiger partial charge in [-0.1, -0.05) is 31.2 Å². The van der Waals surface area contributed by atoms with Crippen LogP contribution in [0, 0.1) is 0 Å². The fraction of sp³-hybridized carbons (Fsp3) is 0.350. The lowest BCUT2D eigenvalue weighted by atomic mass is 10.1. The minimum absolute atomic E-state index is 0.000837. The van der Waals surface area contributed by atoms with Crippen molar-refractivity contribution in [3.05, 3.63) is 65.2 Å². The highest BCUT2D eigenvalue weighted by atomic mass is 16.3. The van der Waals surface area contributed by atoms with Crippen molar-refractivity contribution < 1.29 is 9.90 Å². The molecule has 128 valence electrons. The normalized spacial score (nSPS) is 11.1. The molecule has 2 aromatic rings. The summed E-state index contributed by atoms with van der Waals surface area (Å²) in [6, 6.07) is 15.4. The molecule has 0 unspecified atom stereocenters. The van der Waals surface area contributed by atoms with E-state index in [1.807, 2.05) is 24.3 Å². The number of nitrogens with zero attached hydrogens (tertiary/aromatic N) is 1. The van der Waals surface area contributed by atoms with Gasteiger partial charge in [0, 0.05) is 23.8 Å². The quantitative estimate of drug-likeness (QED) is 0.816. The first kappa shape index (κ1) is 18.2. The number of benzene rings is 2. The maximum absolute atomic E-state index is 12.3. The molecule has 0 bridgehead atoms. The van der Waals surface area contributed by atoms with Crippen molar-refractivity contribution in [2.45, 2.75) is 40.0 Å². The summed E-state index contributed by atoms with van der Waals surface area (Å²) in [7, 11) is 0. The minimum Gasteiger partial charge on any atom is -0.392 e. The molecule has 1 amide bonds. The van der Waals surface area contributed by atoms with E-state index in [1.54, 1.807) is 24.3 Å². The van der Waals surface area contributed by atoms with Crippen LogP contribution >= 0.6 is 0 Å². The predicted molar refractivity (Wildman–Crippen MR) is 98.0 cm³/mol. The molecule has 0 atom stereocenters. The van der Waals surface area contributed by atoms with Gasteiger partial charge in [0.25, 0.3) is 5.91 Å². The lowest BCUT2D eigenvalue weighted by molar-refractivity contribution is 0.102. The first-order chi connectivity index (χ1) is 11.5. The molecule has 0 spiro atoms. The van der Waals surface area contributed by atoms with Crippen molar-refractivity contribution in [2.24, 2.45) is 0 Å². The van der Waals surface area contributed by atoms with E-state index in [2.05, 4.69) is 31.0 Å². The third kappa shape index (κ3) is 4.91. The average molecular weight is 326 g/mol. The van der Waals surface area contributed by atoms with E-state index in [9.17, 15) is 4.79 Å². The summed E-state index contributed by atoms with van der Waals surface area (Å²) in [5.74, 6) is -0.130. The highest BCUT2D eigenvalue weighted by Gasteiger charge is 2.09. The molecule has 0 aliphatic carbocycles. The van der Waals surface area contributed by atoms with Gasteiger partial charge in [0.05, 0.1) is 6.61 Å². The monoisotopic (exact) mass is 326 g/mol. The highest BCUT2D eigenvalue weighted by Crippen LogP contribution is 2.13. The fourth-order valence-electron chi connectivity index (χ4n) is 2.55. The van der Waals surface area contributed by atoms with Gasteiger partial charge >= 0.3 is 0 Å². The van der Waals surface area contributed by atoms with E-state index in [4.69, 9.17) is 5.11 Å². The van der Waals surface area contributed by atoms with Gasteiger partial charge < -0.3 is 10.4 Å². The Balaban J connectivity index is 1.99. The van der Waals surface area contributed by atoms with E-state index in [1.165, 1.54) is 5.56 Å². The van der Waals surface area contributed by atoms with Crippen LogP contribution in [-0.2, 0) is 13.2 Å². The van der Waals surface area contributed by atoms with E-state index in [-0.39, 0.29) is 12.5 Å². The van der Waals surface area contributed by atoms with Crippen LogP contribution in [0.15, 0.2) is 48.5 Å². The standard InChI is InChI=1S/C20H26N2O2/c1-4-22(15(2)3)13-16-5-9-18(10-6-16)20(24)21-19-11-7-17(14-23)8-12-19/h5-12,15,23H,4,13-14H2,1-3H3,(H,21,24). The number of aliphatic hydroxyl groups excluding tert-OH is 1. The van der Waals surface area contributed by atoms with Gasteiger partial charge in [-0.05, 0) is 55.8 Å². The molecule has 0 aromatic heterocycles. The number of hydrogen-bond acceptors (Lipinski definition) is 3. The molecular weight excluding hydrogens is 300 g/mol. The Labute approximate surface area is 144 Å². The van der Waals surface area contributed by atoms with E-state index in [0.717, 1.165) is 24.3 Å². The molecule has 2 rings (SSSR count). The van der Waals surface area contributed by atoms with Crippen LogP contribution in [0.25, 0.3) is 0 Å². The van der Waals surface area contributed by atoms with Gasteiger partial charge in [0.1, 0.15) is 0 Å². The summed E-state index contributed by atoms with van der Waals surface area (Å²) in [6.07, 6.45) is 0. The second-order valence-corrected chi connectivity index (χ2v) is 6.16. The van der Waals surface area contributed by atoms with E-state index in [0.29, 0.717) is 11.6 Å². The maximum Gasteiger partial charge on any atom is 0.255 e. The number of aliphatic hydroxyl groups is 1. The molecule has 0 saturated carbocycles. The van der Waals surface area contributed by atoms with Crippen molar-refractivity contribution in [1.82, 2.24) is 4.90 Å². The first-order valence-corrected chi connectivity index (χ1v) is 8.37. The summed E-state index contributed by atoms with van der Waals surface area (Å²) in [5.41, 5.74) is 3.38. The Morgan fingerprint density at radius 1 is 1.04 bits per heavy atom. The van der Waals surface area contributed by atoms with E-state index < -0.39 is 0 Å². The van der Waals surface area contributed by atoms with Gasteiger partial charge in [-0.3, -0.25) is 9.69 Å². The summed E-state index contributed by atoms with van der Waals surface area (Å²) in [5, 5.41) is 11.9. The van der Waals surface area contributed by atoms with Gasteiger partial charge in [-0.25, -0.2) is 0 Å². The van der Waals surface area contributed by atoms with Gasteiger partial charge in [0.15, 0.2) is 0 Å². The Bertz CT molecular complexity index is 648. The van der Waals surface area contributed by atoms with E-state index >= 15 is 0 Å². The Morgan fingerprint density at radius 3 is 2.12 bits per heavy atom. The molecule has 0 aliphatic heterocycles. The molecular formula is C20H26N2O2. The Hall–Kier alpha value is -2.17. The predicted octanol–water partition coefficient (Wildman–Crippen LogP) is 3.66. The van der Waals surface area contributed by atoms with Crippen LogP contribution in [0.5, 0.6) is 0 Å². The number of carbonyl (C=O) groups is 1. The number of amides is 1. The molecule has 0 saturated heterocycles. The molecule has 4 heteroatoms. The van der Waals surface area contributed by atoms with Crippen molar-refractivity contribution in [3.63, 3.8) is 0 Å². The SMILES string of the molecule is CCN(Cc1ccc(C(=O)Nc2ccc(CO)cc2)cc1)C(C)C. The topological polar surface area (TPSA) is 52.6 Å². The van der Waals surface area contributed by atoms with Crippen LogP contribution in [0.3, 0.4) is 0 Å². The second-order valence-electron chi connectivity index (χ2n) is 6.16. The lowest BCUT2D eigenvalue weighted by Gasteiger charge is -2.24. The molecule has 0 fully saturated rings. The fourth-order valence-corrected chi connectivity index (χ4v) is 2.55. The lowest BCUT2D eigenvalue weighted by Crippen LogP contribution is -2.29. The van der Waals surface area contributed by atoms with Crippen molar-refractivity contribution in [3.8, 4) is 0 Å². The highest BCUT2D eigenvalue weighted by molar-refractivity contribution is 6.04. The third-order valence-corrected chi connectivity index (χ3v) is 4.13. The minimum atomic E-state index is -0.130. The number of hydrogen-bond donors (Lipinski definition) is 2. The van der Waals surface area contributed by atoms with Gasteiger partial charge in [-0.2, -0.15) is 0 Å². The van der Waals surface area contributed by atoms with Crippen LogP contribution in [0.1, 0.15) is 42.3 Å². The van der Waals surface area contributed by atoms with Crippen molar-refractivity contribution >= 4 is 11.6 Å². The van der Waals surface area contributed by atoms with Crippen LogP contribution in [0.4, 0.5) is 5.69 Å². The van der Waals surface area contributed by atoms with Gasteiger partial charge in [0.2, 0.25) is 0 Å². The summed E-state index contributed by atoms with van der Waals surface area (Å²) >= 11 is 0. The largest absolute Gasteiger partial charge is 0.392 e. The third-order valence-electron chi connectivity index (χ3n) is 4.13. The molecule has 0 radical (unpaired) electrons. The zero-order valence-electron chi connectivity index (χ0n) is 14.6. The number of rotatable bonds is 7. The molecule has 2 aromatic carbocycles. The smallest absolute Gasteiger partial charge is 0.255 e. The second kappa shape index (κ2) is 8.62. The zero-order valence-corrected chi connectivity index (χ0v) is 14.6. The first-order valence-electron chi connectivity index (χ1n) is 8.37. The summed E-state index contributed by atoms with van der Waals surface area (Å²) in [4.78, 5) is 14.7. The maximum atomic E-state index is 12.3. The Kier molecular flexibility index (Phi) is 6.53. The van der Waals surface area contributed by atoms with Crippen LogP contribution in [-0.4, -0.2) is 28.5 Å². The number of anilines is 1. The summed E-state index contributed by atoms with van der Waals surface area (Å²) in [6.45, 7) is 8.42. The Morgan fingerprint density at radius 2 is 1.62 bits per heavy atom. The molecule has 0 aliphatic rings. The molecule has 0 heterocycles. The average Bonchev–Trinajstić information content (AvgIpc) is 2.60.